The lowest BCUT2D eigenvalue weighted by Gasteiger charge is -2.19. The van der Waals surface area contributed by atoms with Gasteiger partial charge in [0.1, 0.15) is 0 Å². The molecule has 0 fully saturated rings. The molecule has 0 radical (unpaired) electrons. The van der Waals surface area contributed by atoms with E-state index in [-0.39, 0.29) is 0 Å². The number of rotatable bonds is 7. The van der Waals surface area contributed by atoms with E-state index in [9.17, 15) is 0 Å². The molecule has 1 aromatic rings. The van der Waals surface area contributed by atoms with Crippen molar-refractivity contribution in [3.63, 3.8) is 0 Å². The van der Waals surface area contributed by atoms with Crippen LogP contribution in [0.25, 0.3) is 0 Å². The van der Waals surface area contributed by atoms with Crippen molar-refractivity contribution in [3.05, 3.63) is 35.9 Å². The molecule has 2 heteroatoms. The first-order valence-electron chi connectivity index (χ1n) is 6.20. The zero-order chi connectivity index (χ0) is 11.8. The smallest absolute Gasteiger partial charge is 0.0230 e. The molecule has 2 N–H and O–H groups in total. The van der Waals surface area contributed by atoms with Crippen LogP contribution in [-0.4, -0.2) is 24.5 Å². The Morgan fingerprint density at radius 1 is 1.19 bits per heavy atom. The van der Waals surface area contributed by atoms with E-state index in [0.717, 1.165) is 25.9 Å². The van der Waals surface area contributed by atoms with E-state index in [2.05, 4.69) is 49.2 Å². The van der Waals surface area contributed by atoms with Gasteiger partial charge in [0.2, 0.25) is 0 Å². The SMILES string of the molecule is CCCC(N)CCN(C)Cc1ccccc1. The van der Waals surface area contributed by atoms with Gasteiger partial charge in [-0.05, 0) is 32.0 Å². The Labute approximate surface area is 99.5 Å². The van der Waals surface area contributed by atoms with Gasteiger partial charge < -0.3 is 10.6 Å². The molecule has 0 aromatic heterocycles. The summed E-state index contributed by atoms with van der Waals surface area (Å²) >= 11 is 0. The van der Waals surface area contributed by atoms with E-state index in [1.165, 1.54) is 12.0 Å². The van der Waals surface area contributed by atoms with E-state index >= 15 is 0 Å². The standard InChI is InChI=1S/C14H24N2/c1-3-7-14(15)10-11-16(2)12-13-8-5-4-6-9-13/h4-6,8-9,14H,3,7,10-12,15H2,1-2H3. The maximum Gasteiger partial charge on any atom is 0.0230 e. The fourth-order valence-corrected chi connectivity index (χ4v) is 1.88. The van der Waals surface area contributed by atoms with Gasteiger partial charge in [-0.2, -0.15) is 0 Å². The second-order valence-electron chi connectivity index (χ2n) is 4.56. The van der Waals surface area contributed by atoms with Gasteiger partial charge in [0.05, 0.1) is 0 Å². The first-order chi connectivity index (χ1) is 7.72. The Hall–Kier alpha value is -0.860. The van der Waals surface area contributed by atoms with E-state index < -0.39 is 0 Å². The third-order valence-corrected chi connectivity index (χ3v) is 2.84. The van der Waals surface area contributed by atoms with Gasteiger partial charge in [0.25, 0.3) is 0 Å². The third-order valence-electron chi connectivity index (χ3n) is 2.84. The Balaban J connectivity index is 2.23. The molecule has 0 heterocycles. The maximum atomic E-state index is 6.00. The van der Waals surface area contributed by atoms with Gasteiger partial charge in [-0.15, -0.1) is 0 Å². The quantitative estimate of drug-likeness (QED) is 0.765. The highest BCUT2D eigenvalue weighted by atomic mass is 15.1. The van der Waals surface area contributed by atoms with Crippen molar-refractivity contribution >= 4 is 0 Å². The van der Waals surface area contributed by atoms with Gasteiger partial charge in [0, 0.05) is 12.6 Å². The average Bonchev–Trinajstić information content (AvgIpc) is 2.28. The largest absolute Gasteiger partial charge is 0.328 e. The van der Waals surface area contributed by atoms with Crippen LogP contribution in [0.15, 0.2) is 30.3 Å². The van der Waals surface area contributed by atoms with Crippen molar-refractivity contribution in [2.45, 2.75) is 38.8 Å². The van der Waals surface area contributed by atoms with Gasteiger partial charge in [0.15, 0.2) is 0 Å². The first kappa shape index (κ1) is 13.2. The van der Waals surface area contributed by atoms with Crippen LogP contribution < -0.4 is 5.73 Å². The van der Waals surface area contributed by atoms with Crippen molar-refractivity contribution in [2.75, 3.05) is 13.6 Å². The molecular weight excluding hydrogens is 196 g/mol. The van der Waals surface area contributed by atoms with Crippen LogP contribution in [0.2, 0.25) is 0 Å². The number of benzene rings is 1. The van der Waals surface area contributed by atoms with Gasteiger partial charge in [-0.3, -0.25) is 0 Å². The summed E-state index contributed by atoms with van der Waals surface area (Å²) in [7, 11) is 2.16. The van der Waals surface area contributed by atoms with Gasteiger partial charge in [-0.25, -0.2) is 0 Å². The lowest BCUT2D eigenvalue weighted by molar-refractivity contribution is 0.307. The van der Waals surface area contributed by atoms with Crippen LogP contribution in [-0.2, 0) is 6.54 Å². The number of nitrogens with zero attached hydrogens (tertiary/aromatic N) is 1. The molecule has 0 saturated carbocycles. The monoisotopic (exact) mass is 220 g/mol. The molecule has 1 atom stereocenters. The zero-order valence-electron chi connectivity index (χ0n) is 10.5. The highest BCUT2D eigenvalue weighted by molar-refractivity contribution is 5.14. The van der Waals surface area contributed by atoms with Crippen molar-refractivity contribution in [1.82, 2.24) is 4.90 Å². The van der Waals surface area contributed by atoms with E-state index in [4.69, 9.17) is 5.73 Å². The minimum Gasteiger partial charge on any atom is -0.328 e. The molecule has 0 bridgehead atoms. The summed E-state index contributed by atoms with van der Waals surface area (Å²) in [5.74, 6) is 0. The highest BCUT2D eigenvalue weighted by Crippen LogP contribution is 2.05. The normalized spacial score (nSPS) is 13.0. The predicted molar refractivity (Wildman–Crippen MR) is 70.3 cm³/mol. The molecular formula is C14H24N2. The first-order valence-corrected chi connectivity index (χ1v) is 6.20. The summed E-state index contributed by atoms with van der Waals surface area (Å²) in [6, 6.07) is 10.9. The molecule has 0 aliphatic heterocycles. The molecule has 2 nitrogen and oxygen atoms in total. The Bertz CT molecular complexity index is 271. The predicted octanol–water partition coefficient (Wildman–Crippen LogP) is 2.64. The molecule has 1 unspecified atom stereocenters. The minimum atomic E-state index is 0.364. The van der Waals surface area contributed by atoms with Gasteiger partial charge >= 0.3 is 0 Å². The minimum absolute atomic E-state index is 0.364. The van der Waals surface area contributed by atoms with Crippen molar-refractivity contribution < 1.29 is 0 Å². The zero-order valence-corrected chi connectivity index (χ0v) is 10.5. The lowest BCUT2D eigenvalue weighted by atomic mass is 10.1. The number of nitrogens with two attached hydrogens (primary N) is 1. The van der Waals surface area contributed by atoms with E-state index in [1.54, 1.807) is 0 Å². The fraction of sp³-hybridized carbons (Fsp3) is 0.571. The van der Waals surface area contributed by atoms with Crippen LogP contribution >= 0.6 is 0 Å². The van der Waals surface area contributed by atoms with E-state index in [1.807, 2.05) is 0 Å². The third kappa shape index (κ3) is 5.29. The Kier molecular flexibility index (Phi) is 6.12. The van der Waals surface area contributed by atoms with Crippen molar-refractivity contribution in [2.24, 2.45) is 5.73 Å². The summed E-state index contributed by atoms with van der Waals surface area (Å²) in [5.41, 5.74) is 7.37. The van der Waals surface area contributed by atoms with Crippen LogP contribution in [0, 0.1) is 0 Å². The molecule has 0 aliphatic carbocycles. The van der Waals surface area contributed by atoms with Crippen LogP contribution in [0.3, 0.4) is 0 Å². The number of hydrogen-bond donors (Lipinski definition) is 1. The maximum absolute atomic E-state index is 6.00. The van der Waals surface area contributed by atoms with Crippen molar-refractivity contribution in [3.8, 4) is 0 Å². The second kappa shape index (κ2) is 7.42. The summed E-state index contributed by atoms with van der Waals surface area (Å²) in [5, 5.41) is 0. The van der Waals surface area contributed by atoms with Crippen molar-refractivity contribution in [1.29, 1.82) is 0 Å². The van der Waals surface area contributed by atoms with Crippen LogP contribution in [0.1, 0.15) is 31.7 Å². The Morgan fingerprint density at radius 2 is 1.88 bits per heavy atom. The molecule has 0 spiro atoms. The topological polar surface area (TPSA) is 29.3 Å². The summed E-state index contributed by atoms with van der Waals surface area (Å²) in [6.45, 7) is 4.28. The molecule has 1 aromatic carbocycles. The molecule has 90 valence electrons. The second-order valence-corrected chi connectivity index (χ2v) is 4.56. The van der Waals surface area contributed by atoms with Gasteiger partial charge in [-0.1, -0.05) is 43.7 Å². The van der Waals surface area contributed by atoms with Crippen LogP contribution in [0.4, 0.5) is 0 Å². The van der Waals surface area contributed by atoms with Crippen LogP contribution in [0.5, 0.6) is 0 Å². The highest BCUT2D eigenvalue weighted by Gasteiger charge is 2.04. The molecule has 0 saturated heterocycles. The summed E-state index contributed by atoms with van der Waals surface area (Å²) in [6.07, 6.45) is 3.42. The summed E-state index contributed by atoms with van der Waals surface area (Å²) < 4.78 is 0. The Morgan fingerprint density at radius 3 is 2.50 bits per heavy atom. The molecule has 16 heavy (non-hydrogen) atoms. The van der Waals surface area contributed by atoms with E-state index in [0.29, 0.717) is 6.04 Å². The molecule has 0 aliphatic rings. The lowest BCUT2D eigenvalue weighted by Crippen LogP contribution is -2.27. The summed E-state index contributed by atoms with van der Waals surface area (Å²) in [4.78, 5) is 2.34. The molecule has 1 rings (SSSR count). The molecule has 0 amide bonds. The average molecular weight is 220 g/mol. The fourth-order valence-electron chi connectivity index (χ4n) is 1.88. The number of hydrogen-bond acceptors (Lipinski definition) is 2.